The molecule has 0 radical (unpaired) electrons. The zero-order valence-electron chi connectivity index (χ0n) is 28.4. The number of hydrogen-bond donors (Lipinski definition) is 5. The predicted octanol–water partition coefficient (Wildman–Crippen LogP) is 5.60. The Kier molecular flexibility index (Phi) is 17.7. The molecule has 0 aliphatic heterocycles. The fourth-order valence-electron chi connectivity index (χ4n) is 5.45. The van der Waals surface area contributed by atoms with Gasteiger partial charge in [-0.05, 0) is 42.9 Å². The molecule has 12 heteroatoms. The number of ether oxygens (including phenoxy) is 1. The van der Waals surface area contributed by atoms with Crippen LogP contribution in [0, 0.1) is 5.92 Å². The lowest BCUT2D eigenvalue weighted by molar-refractivity contribution is -0.172. The number of methoxy groups -OCH3 is 1. The molecule has 49 heavy (non-hydrogen) atoms. The van der Waals surface area contributed by atoms with Gasteiger partial charge in [-0.25, -0.2) is 9.59 Å². The van der Waals surface area contributed by atoms with E-state index in [9.17, 15) is 44.4 Å². The largest absolute Gasteiger partial charge is 0.495 e. The maximum atomic E-state index is 13.4. The van der Waals surface area contributed by atoms with Crippen molar-refractivity contribution in [1.29, 1.82) is 0 Å². The molecular formula is C37H50N2O10. The summed E-state index contributed by atoms with van der Waals surface area (Å²) < 4.78 is 5.20. The lowest BCUT2D eigenvalue weighted by atomic mass is 9.82. The molecule has 1 heterocycles. The Bertz CT molecular complexity index is 1410. The number of Topliss-reactive ketones (excluding diaryl/α,β-unsaturated/α-hetero) is 1. The van der Waals surface area contributed by atoms with Crippen molar-refractivity contribution in [3.63, 3.8) is 0 Å². The van der Waals surface area contributed by atoms with Gasteiger partial charge in [-0.3, -0.25) is 19.4 Å². The topological polar surface area (TPSA) is 200 Å². The number of nitrogens with one attached hydrogen (secondary N) is 1. The maximum Gasteiger partial charge on any atom is 0.337 e. The summed E-state index contributed by atoms with van der Waals surface area (Å²) in [7, 11) is 1.52. The number of nitrogens with zero attached hydrogens (tertiary/aromatic N) is 1. The Morgan fingerprint density at radius 3 is 2.08 bits per heavy atom. The van der Waals surface area contributed by atoms with Crippen LogP contribution in [0.3, 0.4) is 0 Å². The number of unbranched alkanes of at least 4 members (excludes halogenated alkanes) is 8. The fourth-order valence-corrected chi connectivity index (χ4v) is 5.45. The third-order valence-electron chi connectivity index (χ3n) is 8.34. The van der Waals surface area contributed by atoms with E-state index >= 15 is 0 Å². The summed E-state index contributed by atoms with van der Waals surface area (Å²) >= 11 is 0. The third kappa shape index (κ3) is 14.2. The molecule has 3 atom stereocenters. The van der Waals surface area contributed by atoms with Gasteiger partial charge >= 0.3 is 17.9 Å². The normalized spacial score (nSPS) is 13.7. The predicted molar refractivity (Wildman–Crippen MR) is 183 cm³/mol. The average Bonchev–Trinajstić information content (AvgIpc) is 3.06. The van der Waals surface area contributed by atoms with Gasteiger partial charge in [0.05, 0.1) is 25.6 Å². The van der Waals surface area contributed by atoms with E-state index in [-0.39, 0.29) is 12.2 Å². The molecule has 0 spiro atoms. The first-order valence-corrected chi connectivity index (χ1v) is 16.9. The summed E-state index contributed by atoms with van der Waals surface area (Å²) in [6, 6.07) is 7.14. The second kappa shape index (κ2) is 21.4. The third-order valence-corrected chi connectivity index (χ3v) is 8.34. The van der Waals surface area contributed by atoms with Gasteiger partial charge in [-0.15, -0.1) is 0 Å². The first kappa shape index (κ1) is 40.6. The number of pyridine rings is 1. The number of aliphatic hydroxyl groups is 1. The molecule has 0 fully saturated rings. The van der Waals surface area contributed by atoms with Gasteiger partial charge in [0.15, 0.2) is 5.60 Å². The molecule has 268 valence electrons. The number of allylic oxidation sites excluding steroid dienone is 1. The monoisotopic (exact) mass is 682 g/mol. The Hall–Kier alpha value is -4.58. The van der Waals surface area contributed by atoms with E-state index in [4.69, 9.17) is 4.74 Å². The molecule has 2 aromatic rings. The molecule has 1 aromatic heterocycles. The van der Waals surface area contributed by atoms with Gasteiger partial charge < -0.3 is 30.5 Å². The molecule has 12 nitrogen and oxygen atoms in total. The highest BCUT2D eigenvalue weighted by atomic mass is 16.5. The Balaban J connectivity index is 2.04. The smallest absolute Gasteiger partial charge is 0.337 e. The van der Waals surface area contributed by atoms with Gasteiger partial charge in [0.2, 0.25) is 5.91 Å². The quantitative estimate of drug-likeness (QED) is 0.0645. The maximum absolute atomic E-state index is 13.4. The lowest BCUT2D eigenvalue weighted by Crippen LogP contribution is -2.55. The fraction of sp³-hybridized carbons (Fsp3) is 0.514. The minimum Gasteiger partial charge on any atom is -0.495 e. The highest BCUT2D eigenvalue weighted by Crippen LogP contribution is 2.26. The van der Waals surface area contributed by atoms with Crippen molar-refractivity contribution in [2.75, 3.05) is 7.11 Å². The zero-order chi connectivity index (χ0) is 36.2. The number of amides is 1. The van der Waals surface area contributed by atoms with E-state index < -0.39 is 47.8 Å². The second-order valence-electron chi connectivity index (χ2n) is 12.3. The van der Waals surface area contributed by atoms with Gasteiger partial charge in [-0.1, -0.05) is 81.9 Å². The van der Waals surface area contributed by atoms with Crippen LogP contribution in [0.2, 0.25) is 0 Å². The summed E-state index contributed by atoms with van der Waals surface area (Å²) in [5.41, 5.74) is -0.919. The first-order chi connectivity index (χ1) is 23.4. The number of aromatic nitrogens is 1. The molecule has 1 amide bonds. The highest BCUT2D eigenvalue weighted by molar-refractivity contribution is 5.94. The molecule has 0 saturated carbocycles. The summed E-state index contributed by atoms with van der Waals surface area (Å²) in [4.78, 5) is 65.3. The Labute approximate surface area is 287 Å². The number of aliphatic carboxylic acids is 3. The molecule has 5 N–H and O–H groups in total. The van der Waals surface area contributed by atoms with E-state index in [1.807, 2.05) is 0 Å². The van der Waals surface area contributed by atoms with Crippen LogP contribution >= 0.6 is 0 Å². The van der Waals surface area contributed by atoms with Crippen molar-refractivity contribution in [1.82, 2.24) is 10.3 Å². The van der Waals surface area contributed by atoms with Crippen LogP contribution in [0.4, 0.5) is 0 Å². The van der Waals surface area contributed by atoms with Crippen molar-refractivity contribution < 1.29 is 49.1 Å². The molecule has 0 aliphatic rings. The number of carbonyl (C=O) groups excluding carboxylic acids is 2. The highest BCUT2D eigenvalue weighted by Gasteiger charge is 2.49. The van der Waals surface area contributed by atoms with E-state index in [2.05, 4.69) is 17.2 Å². The number of rotatable bonds is 25. The molecule has 0 aliphatic carbocycles. The van der Waals surface area contributed by atoms with Crippen molar-refractivity contribution in [2.45, 2.75) is 108 Å². The van der Waals surface area contributed by atoms with Crippen LogP contribution in [0.1, 0.15) is 96.0 Å². The molecule has 0 bridgehead atoms. The summed E-state index contributed by atoms with van der Waals surface area (Å²) in [5.74, 6) is -7.17. The second-order valence-corrected chi connectivity index (χ2v) is 12.3. The zero-order valence-corrected chi connectivity index (χ0v) is 28.4. The van der Waals surface area contributed by atoms with Crippen LogP contribution in [0.25, 0.3) is 11.1 Å². The van der Waals surface area contributed by atoms with E-state index in [0.29, 0.717) is 37.0 Å². The van der Waals surface area contributed by atoms with Crippen molar-refractivity contribution >= 4 is 29.6 Å². The number of benzene rings is 1. The molecular weight excluding hydrogens is 632 g/mol. The summed E-state index contributed by atoms with van der Waals surface area (Å²) in [6.07, 6.45) is 14.4. The van der Waals surface area contributed by atoms with Crippen LogP contribution in [-0.4, -0.2) is 73.8 Å². The number of carboxylic acid groups (broad SMARTS) is 3. The molecule has 0 saturated heterocycles. The van der Waals surface area contributed by atoms with Gasteiger partial charge in [-0.2, -0.15) is 0 Å². The minimum atomic E-state index is -3.03. The summed E-state index contributed by atoms with van der Waals surface area (Å²) in [5, 5.41) is 42.3. The van der Waals surface area contributed by atoms with Gasteiger partial charge in [0, 0.05) is 31.0 Å². The summed E-state index contributed by atoms with van der Waals surface area (Å²) in [6.45, 7) is 2.15. The van der Waals surface area contributed by atoms with E-state index in [1.54, 1.807) is 42.7 Å². The Morgan fingerprint density at radius 1 is 0.878 bits per heavy atom. The van der Waals surface area contributed by atoms with Crippen LogP contribution in [0.5, 0.6) is 5.75 Å². The van der Waals surface area contributed by atoms with Crippen molar-refractivity contribution in [3.8, 4) is 16.9 Å². The molecule has 1 aromatic carbocycles. The van der Waals surface area contributed by atoms with E-state index in [0.717, 1.165) is 62.1 Å². The number of carbonyl (C=O) groups is 5. The molecule has 0 unspecified atom stereocenters. The Morgan fingerprint density at radius 2 is 1.51 bits per heavy atom. The van der Waals surface area contributed by atoms with Gasteiger partial charge in [0.25, 0.3) is 0 Å². The SMILES string of the molecule is CCCCCCCC(=O)CCCCCC/C=C/[C@@H](C(=O)N[C@@H](Cc1ccc(-c2cncc(OC)c2)cc1)C(=O)O)[C@@](O)(CC(=O)O)C(=O)O. The van der Waals surface area contributed by atoms with E-state index in [1.165, 1.54) is 19.6 Å². The minimum absolute atomic E-state index is 0.167. The first-order valence-electron chi connectivity index (χ1n) is 16.9. The number of carboxylic acids is 3. The lowest BCUT2D eigenvalue weighted by Gasteiger charge is -2.29. The molecule has 2 rings (SSSR count). The van der Waals surface area contributed by atoms with Crippen molar-refractivity contribution in [3.05, 3.63) is 60.4 Å². The van der Waals surface area contributed by atoms with Crippen LogP contribution in [-0.2, 0) is 30.4 Å². The average molecular weight is 683 g/mol. The van der Waals surface area contributed by atoms with Gasteiger partial charge in [0.1, 0.15) is 17.6 Å². The van der Waals surface area contributed by atoms with Crippen LogP contribution < -0.4 is 10.1 Å². The van der Waals surface area contributed by atoms with Crippen LogP contribution in [0.15, 0.2) is 54.9 Å². The number of hydrogen-bond acceptors (Lipinski definition) is 8. The van der Waals surface area contributed by atoms with Crippen molar-refractivity contribution in [2.24, 2.45) is 5.92 Å². The standard InChI is InChI=1S/C37H50N2O10/c1-3-4-5-8-11-14-29(40)15-12-9-6-7-10-13-16-31(37(48,36(46)47)23-33(41)42)34(43)39-32(35(44)45)21-26-17-19-27(20-18-26)28-22-30(49-2)25-38-24-28/h13,16-20,22,24-25,31-32,48H,3-12,14-15,21,23H2,1-2H3,(H,39,43)(H,41,42)(H,44,45)(H,46,47)/b16-13+/t31-,32-,37-/m0/s1. The number of ketones is 1.